The minimum absolute atomic E-state index is 0.0682. The van der Waals surface area contributed by atoms with Crippen molar-refractivity contribution >= 4 is 21.7 Å². The second kappa shape index (κ2) is 8.07. The Morgan fingerprint density at radius 2 is 1.81 bits per heavy atom. The largest absolute Gasteiger partial charge is 0.460 e. The molecule has 0 heterocycles. The Labute approximate surface area is 151 Å². The number of non-ortho nitro benzene ring substituents is 1. The molecule has 0 atom stereocenters. The summed E-state index contributed by atoms with van der Waals surface area (Å²) in [5.41, 5.74) is 1.85. The molecule has 0 saturated heterocycles. The normalized spacial score (nSPS) is 11.2. The molecule has 1 N–H and O–H groups in total. The number of hydrogen-bond acceptors (Lipinski definition) is 6. The van der Waals surface area contributed by atoms with Gasteiger partial charge in [0.2, 0.25) is 10.0 Å². The lowest BCUT2D eigenvalue weighted by molar-refractivity contribution is -0.384. The number of benzene rings is 2. The first-order valence-electron chi connectivity index (χ1n) is 7.65. The average Bonchev–Trinajstić information content (AvgIpc) is 2.60. The average molecular weight is 378 g/mol. The van der Waals surface area contributed by atoms with Gasteiger partial charge in [-0.25, -0.2) is 8.42 Å². The van der Waals surface area contributed by atoms with E-state index in [1.807, 2.05) is 0 Å². The van der Waals surface area contributed by atoms with Crippen molar-refractivity contribution in [3.63, 3.8) is 0 Å². The van der Waals surface area contributed by atoms with Crippen LogP contribution in [0, 0.1) is 24.0 Å². The smallest absolute Gasteiger partial charge is 0.321 e. The zero-order valence-corrected chi connectivity index (χ0v) is 15.1. The zero-order chi connectivity index (χ0) is 19.3. The van der Waals surface area contributed by atoms with Crippen LogP contribution in [0.15, 0.2) is 47.4 Å². The molecule has 2 rings (SSSR count). The molecule has 0 radical (unpaired) electrons. The summed E-state index contributed by atoms with van der Waals surface area (Å²) in [5.74, 6) is -0.753. The molecule has 8 nitrogen and oxygen atoms in total. The second-order valence-corrected chi connectivity index (χ2v) is 7.41. The number of nitrogens with one attached hydrogen (secondary N) is 1. The number of esters is 1. The van der Waals surface area contributed by atoms with Gasteiger partial charge in [-0.3, -0.25) is 14.9 Å². The molecule has 0 aliphatic carbocycles. The van der Waals surface area contributed by atoms with Crippen molar-refractivity contribution in [2.24, 2.45) is 0 Å². The Balaban J connectivity index is 1.91. The maximum Gasteiger partial charge on any atom is 0.321 e. The van der Waals surface area contributed by atoms with E-state index in [0.29, 0.717) is 11.1 Å². The maximum absolute atomic E-state index is 12.3. The quantitative estimate of drug-likeness (QED) is 0.449. The molecule has 0 aliphatic heterocycles. The van der Waals surface area contributed by atoms with Gasteiger partial charge < -0.3 is 4.74 Å². The van der Waals surface area contributed by atoms with E-state index < -0.39 is 27.5 Å². The van der Waals surface area contributed by atoms with E-state index in [2.05, 4.69) is 4.72 Å². The molecule has 0 saturated carbocycles. The van der Waals surface area contributed by atoms with E-state index in [4.69, 9.17) is 4.74 Å². The molecule has 0 aliphatic rings. The molecule has 9 heteroatoms. The monoisotopic (exact) mass is 378 g/mol. The molecule has 138 valence electrons. The fourth-order valence-electron chi connectivity index (χ4n) is 2.16. The number of aryl methyl sites for hydroxylation is 2. The van der Waals surface area contributed by atoms with E-state index in [0.717, 1.165) is 5.56 Å². The molecule has 0 spiro atoms. The molecule has 2 aromatic carbocycles. The van der Waals surface area contributed by atoms with Gasteiger partial charge in [0.15, 0.2) is 0 Å². The maximum atomic E-state index is 12.3. The van der Waals surface area contributed by atoms with Crippen LogP contribution in [0.3, 0.4) is 0 Å². The summed E-state index contributed by atoms with van der Waals surface area (Å²) in [7, 11) is -3.83. The molecular formula is C17H18N2O6S. The summed E-state index contributed by atoms with van der Waals surface area (Å²) in [5, 5.41) is 10.6. The van der Waals surface area contributed by atoms with Crippen molar-refractivity contribution in [2.75, 3.05) is 6.54 Å². The van der Waals surface area contributed by atoms with E-state index in [-0.39, 0.29) is 17.2 Å². The number of hydrogen-bond donors (Lipinski definition) is 1. The van der Waals surface area contributed by atoms with Crippen LogP contribution in [0.2, 0.25) is 0 Å². The van der Waals surface area contributed by atoms with Crippen LogP contribution in [-0.4, -0.2) is 25.9 Å². The molecular weight excluding hydrogens is 360 g/mol. The number of sulfonamides is 1. The van der Waals surface area contributed by atoms with Crippen LogP contribution in [-0.2, 0) is 26.2 Å². The van der Waals surface area contributed by atoms with Gasteiger partial charge in [-0.15, -0.1) is 0 Å². The highest BCUT2D eigenvalue weighted by Crippen LogP contribution is 2.16. The third-order valence-electron chi connectivity index (χ3n) is 3.59. The van der Waals surface area contributed by atoms with Crippen LogP contribution in [0.1, 0.15) is 16.7 Å². The predicted octanol–water partition coefficient (Wildman–Crippen LogP) is 2.23. The van der Waals surface area contributed by atoms with Crippen molar-refractivity contribution in [1.82, 2.24) is 4.72 Å². The Bertz CT molecular complexity index is 923. The van der Waals surface area contributed by atoms with Gasteiger partial charge in [0.05, 0.1) is 9.82 Å². The van der Waals surface area contributed by atoms with E-state index in [9.17, 15) is 23.3 Å². The fourth-order valence-corrected chi connectivity index (χ4v) is 3.45. The summed E-state index contributed by atoms with van der Waals surface area (Å²) in [6, 6.07) is 10.5. The van der Waals surface area contributed by atoms with Crippen LogP contribution >= 0.6 is 0 Å². The molecule has 0 fully saturated rings. The Hall–Kier alpha value is -2.78. The van der Waals surface area contributed by atoms with Gasteiger partial charge in [0.1, 0.15) is 13.2 Å². The first kappa shape index (κ1) is 19.5. The lowest BCUT2D eigenvalue weighted by atomic mass is 10.2. The minimum atomic E-state index is -3.83. The molecule has 2 aromatic rings. The van der Waals surface area contributed by atoms with Gasteiger partial charge in [-0.05, 0) is 48.7 Å². The fraction of sp³-hybridized carbons (Fsp3) is 0.235. The Morgan fingerprint density at radius 1 is 1.15 bits per heavy atom. The third kappa shape index (κ3) is 5.11. The number of nitrogens with zero attached hydrogens (tertiary/aromatic N) is 1. The van der Waals surface area contributed by atoms with Crippen molar-refractivity contribution in [3.8, 4) is 0 Å². The minimum Gasteiger partial charge on any atom is -0.460 e. The van der Waals surface area contributed by atoms with E-state index in [1.165, 1.54) is 30.3 Å². The Morgan fingerprint density at radius 3 is 2.42 bits per heavy atom. The lowest BCUT2D eigenvalue weighted by Gasteiger charge is -2.10. The van der Waals surface area contributed by atoms with Gasteiger partial charge in [-0.2, -0.15) is 4.72 Å². The highest BCUT2D eigenvalue weighted by molar-refractivity contribution is 7.89. The summed E-state index contributed by atoms with van der Waals surface area (Å²) < 4.78 is 31.8. The first-order valence-corrected chi connectivity index (χ1v) is 9.13. The van der Waals surface area contributed by atoms with E-state index >= 15 is 0 Å². The number of nitro benzene ring substituents is 1. The highest BCUT2D eigenvalue weighted by Gasteiger charge is 2.18. The molecule has 0 amide bonds. The Kier molecular flexibility index (Phi) is 6.06. The number of rotatable bonds is 7. The van der Waals surface area contributed by atoms with Crippen molar-refractivity contribution in [1.29, 1.82) is 0 Å². The zero-order valence-electron chi connectivity index (χ0n) is 14.3. The van der Waals surface area contributed by atoms with Crippen LogP contribution in [0.25, 0.3) is 0 Å². The second-order valence-electron chi connectivity index (χ2n) is 5.68. The van der Waals surface area contributed by atoms with Crippen molar-refractivity contribution < 1.29 is 22.9 Å². The van der Waals surface area contributed by atoms with Crippen LogP contribution in [0.5, 0.6) is 0 Å². The predicted molar refractivity (Wildman–Crippen MR) is 94.0 cm³/mol. The molecule has 0 unspecified atom stereocenters. The van der Waals surface area contributed by atoms with Gasteiger partial charge >= 0.3 is 5.97 Å². The molecule has 0 aromatic heterocycles. The van der Waals surface area contributed by atoms with Gasteiger partial charge in [-0.1, -0.05) is 12.1 Å². The van der Waals surface area contributed by atoms with E-state index in [1.54, 1.807) is 26.0 Å². The summed E-state index contributed by atoms with van der Waals surface area (Å²) >= 11 is 0. The third-order valence-corrected chi connectivity index (χ3v) is 5.13. The molecule has 0 bridgehead atoms. The summed E-state index contributed by atoms with van der Waals surface area (Å²) in [6.07, 6.45) is 0. The van der Waals surface area contributed by atoms with Crippen LogP contribution < -0.4 is 4.72 Å². The van der Waals surface area contributed by atoms with Gasteiger partial charge in [0, 0.05) is 12.1 Å². The number of carbonyl (C=O) groups excluding carboxylic acids is 1. The number of ether oxygens (including phenoxy) is 1. The van der Waals surface area contributed by atoms with Gasteiger partial charge in [0.25, 0.3) is 5.69 Å². The SMILES string of the molecule is Cc1ccc(C)c(S(=O)(=O)NCC(=O)OCc2ccc([N+](=O)[O-])cc2)c1. The summed E-state index contributed by atoms with van der Waals surface area (Å²) in [4.78, 5) is 21.9. The first-order chi connectivity index (χ1) is 12.2. The van der Waals surface area contributed by atoms with Crippen molar-refractivity contribution in [3.05, 3.63) is 69.3 Å². The lowest BCUT2D eigenvalue weighted by Crippen LogP contribution is -2.31. The standard InChI is InChI=1S/C17H18N2O6S/c1-12-3-4-13(2)16(9-12)26(23,24)18-10-17(20)25-11-14-5-7-15(8-6-14)19(21)22/h3-9,18H,10-11H2,1-2H3. The molecule has 26 heavy (non-hydrogen) atoms. The van der Waals surface area contributed by atoms with Crippen LogP contribution in [0.4, 0.5) is 5.69 Å². The van der Waals surface area contributed by atoms with Crippen molar-refractivity contribution in [2.45, 2.75) is 25.3 Å². The number of carbonyl (C=O) groups is 1. The number of nitro groups is 1. The summed E-state index contributed by atoms with van der Waals surface area (Å²) in [6.45, 7) is 2.82. The highest BCUT2D eigenvalue weighted by atomic mass is 32.2. The topological polar surface area (TPSA) is 116 Å².